The molecule has 5 amide bonds. The molecule has 4 aromatic carbocycles. The van der Waals surface area contributed by atoms with Gasteiger partial charge in [0.1, 0.15) is 59.7 Å². The van der Waals surface area contributed by atoms with Gasteiger partial charge in [0, 0.05) is 37.7 Å². The van der Waals surface area contributed by atoms with Crippen molar-refractivity contribution < 1.29 is 65.9 Å². The molecular weight excluding hydrogens is 1100 g/mol. The molecule has 3 heterocycles. The van der Waals surface area contributed by atoms with Crippen LogP contribution in [0.25, 0.3) is 11.3 Å². The molecule has 23 heteroatoms. The fourth-order valence-corrected chi connectivity index (χ4v) is 10.6. The van der Waals surface area contributed by atoms with Gasteiger partial charge in [0.2, 0.25) is 17.7 Å². The highest BCUT2D eigenvalue weighted by atomic mass is 19.1. The molecule has 21 nitrogen and oxygen atoms in total. The Morgan fingerprint density at radius 3 is 2.12 bits per heavy atom. The quantitative estimate of drug-likeness (QED) is 0.0339. The van der Waals surface area contributed by atoms with Crippen LogP contribution in [0.4, 0.5) is 19.4 Å². The van der Waals surface area contributed by atoms with Gasteiger partial charge in [0.15, 0.2) is 11.6 Å². The Labute approximate surface area is 494 Å². The normalized spacial score (nSPS) is 17.5. The van der Waals surface area contributed by atoms with Crippen LogP contribution in [0.15, 0.2) is 84.9 Å². The highest BCUT2D eigenvalue weighted by Gasteiger charge is 2.43. The molecule has 7 N–H and O–H groups in total. The van der Waals surface area contributed by atoms with Gasteiger partial charge in [-0.05, 0) is 122 Å². The van der Waals surface area contributed by atoms with Crippen molar-refractivity contribution in [2.75, 3.05) is 91.9 Å². The first-order valence-corrected chi connectivity index (χ1v) is 28.9. The van der Waals surface area contributed by atoms with Gasteiger partial charge in [0.25, 0.3) is 5.91 Å². The van der Waals surface area contributed by atoms with Crippen molar-refractivity contribution in [2.45, 2.75) is 103 Å². The minimum Gasteiger partial charge on any atom is -0.491 e. The third kappa shape index (κ3) is 16.8. The lowest BCUT2D eigenvalue weighted by Crippen LogP contribution is -2.62. The molecule has 1 fully saturated rings. The number of nitrogens with one attached hydrogen (secondary N) is 3. The van der Waals surface area contributed by atoms with E-state index in [0.29, 0.717) is 76.8 Å². The maximum Gasteiger partial charge on any atom is 0.409 e. The average Bonchev–Trinajstić information content (AvgIpc) is 2.48. The summed E-state index contributed by atoms with van der Waals surface area (Å²) in [6, 6.07) is 20.4. The highest BCUT2D eigenvalue weighted by Crippen LogP contribution is 2.36. The molecule has 5 aromatic rings. The number of nitrogens with two attached hydrogens (primary N) is 2. The van der Waals surface area contributed by atoms with Crippen LogP contribution in [0.2, 0.25) is 0 Å². The number of benzene rings is 4. The molecule has 5 unspecified atom stereocenters. The molecule has 0 saturated carbocycles. The Morgan fingerprint density at radius 1 is 0.776 bits per heavy atom. The van der Waals surface area contributed by atoms with Crippen molar-refractivity contribution in [3.8, 4) is 28.5 Å². The molecule has 0 radical (unpaired) electrons. The van der Waals surface area contributed by atoms with Crippen LogP contribution in [-0.2, 0) is 57.5 Å². The van der Waals surface area contributed by atoms with Gasteiger partial charge in [-0.2, -0.15) is 5.10 Å². The van der Waals surface area contributed by atoms with Crippen molar-refractivity contribution in [2.24, 2.45) is 11.1 Å². The van der Waals surface area contributed by atoms with Gasteiger partial charge in [0.05, 0.1) is 71.0 Å². The van der Waals surface area contributed by atoms with E-state index in [2.05, 4.69) is 33.2 Å². The van der Waals surface area contributed by atoms with E-state index in [1.165, 1.54) is 16.3 Å². The number of aryl methyl sites for hydroxylation is 1. The van der Waals surface area contributed by atoms with E-state index in [0.717, 1.165) is 48.1 Å². The van der Waals surface area contributed by atoms with Crippen LogP contribution in [0, 0.1) is 17.0 Å². The zero-order chi connectivity index (χ0) is 60.6. The predicted octanol–water partition coefficient (Wildman–Crippen LogP) is 6.81. The number of ether oxygens (including phenoxy) is 7. The van der Waals surface area contributed by atoms with Crippen LogP contribution in [0.5, 0.6) is 17.2 Å². The fourth-order valence-electron chi connectivity index (χ4n) is 10.6. The van der Waals surface area contributed by atoms with Crippen LogP contribution < -0.4 is 36.9 Å². The molecule has 1 aromatic heterocycles. The van der Waals surface area contributed by atoms with Gasteiger partial charge in [-0.1, -0.05) is 51.1 Å². The molecule has 5 atom stereocenters. The molecule has 1 aliphatic carbocycles. The van der Waals surface area contributed by atoms with Crippen molar-refractivity contribution in [1.82, 2.24) is 35.5 Å². The smallest absolute Gasteiger partial charge is 0.409 e. The summed E-state index contributed by atoms with van der Waals surface area (Å²) in [6.45, 7) is 11.0. The fraction of sp³-hybridized carbons (Fsp3) is 0.484. The van der Waals surface area contributed by atoms with Crippen LogP contribution in [0.1, 0.15) is 98.1 Å². The van der Waals surface area contributed by atoms with Crippen LogP contribution >= 0.6 is 0 Å². The lowest BCUT2D eigenvalue weighted by atomic mass is 9.83. The third-order valence-corrected chi connectivity index (χ3v) is 15.3. The SMILES string of the molecule is CNC(C)C(=O)NC(C(=O)N1Cc2cc(OCCOCCOCCOCCOCCOC(=O)N3CCCC(n4nc(-c5ccc(Oc6ccc(F)cc6F)cc5)c(C(N)=O)c4N)C3)ccc2CC1C(=O)NC1CCCc2ccccc21)C(C)(C)C. The number of nitrogens with zero attached hydrogens (tertiary/aromatic N) is 4. The summed E-state index contributed by atoms with van der Waals surface area (Å²) in [4.78, 5) is 71.1. The first-order valence-electron chi connectivity index (χ1n) is 28.9. The number of amides is 5. The molecule has 0 bridgehead atoms. The summed E-state index contributed by atoms with van der Waals surface area (Å²) in [6.07, 6.45) is 3.73. The lowest BCUT2D eigenvalue weighted by Gasteiger charge is -2.41. The summed E-state index contributed by atoms with van der Waals surface area (Å²) in [5.41, 5.74) is 16.4. The Bertz CT molecular complexity index is 3100. The number of rotatable bonds is 27. The van der Waals surface area contributed by atoms with E-state index in [-0.39, 0.29) is 97.9 Å². The molecule has 0 spiro atoms. The Hall–Kier alpha value is -7.70. The standard InChI is InChI=1S/C62H79F2N9O12/c1-39(67-5)58(75)69-55(62(2,3)4)60(77)72-37-43-34-47(21-17-42(43)35-51(72)59(76)68-50-14-8-11-40-10-6-7-13-48(40)50)83-32-30-81-28-26-79-24-25-80-27-29-82-31-33-84-61(78)71-23-9-12-45(38-71)73-56(65)53(57(66)74)54(70-73)41-15-19-46(20-16-41)85-52-22-18-44(63)36-49(52)64/h6-7,10,13,15-22,34,36,39,45,50-51,55,67H,8-9,11-12,14,23-33,35,37-38,65H2,1-5H3,(H2,66,74)(H,68,76)(H,69,75). The summed E-state index contributed by atoms with van der Waals surface area (Å²) < 4.78 is 68.7. The molecule has 85 heavy (non-hydrogen) atoms. The second-order valence-corrected chi connectivity index (χ2v) is 22.4. The summed E-state index contributed by atoms with van der Waals surface area (Å²) in [5, 5.41) is 13.9. The molecule has 2 aliphatic heterocycles. The molecular formula is C62H79F2N9O12. The Morgan fingerprint density at radius 2 is 1.45 bits per heavy atom. The number of primary amides is 1. The number of carbonyl (C=O) groups excluding carboxylic acids is 5. The number of nitrogen functional groups attached to an aromatic ring is 1. The third-order valence-electron chi connectivity index (χ3n) is 15.3. The first-order chi connectivity index (χ1) is 40.9. The van der Waals surface area contributed by atoms with Gasteiger partial charge < -0.3 is 70.4 Å². The van der Waals surface area contributed by atoms with Crippen LogP contribution in [-0.4, -0.2) is 154 Å². The van der Waals surface area contributed by atoms with Crippen molar-refractivity contribution in [1.29, 1.82) is 0 Å². The largest absolute Gasteiger partial charge is 0.491 e. The van der Waals surface area contributed by atoms with E-state index >= 15 is 0 Å². The average molecular weight is 1180 g/mol. The van der Waals surface area contributed by atoms with E-state index in [9.17, 15) is 32.8 Å². The zero-order valence-electron chi connectivity index (χ0n) is 49.0. The summed E-state index contributed by atoms with van der Waals surface area (Å²) in [7, 11) is 1.69. The first kappa shape index (κ1) is 63.3. The molecule has 1 saturated heterocycles. The number of aromatic nitrogens is 2. The predicted molar refractivity (Wildman–Crippen MR) is 312 cm³/mol. The summed E-state index contributed by atoms with van der Waals surface area (Å²) >= 11 is 0. The Kier molecular flexibility index (Phi) is 22.3. The second kappa shape index (κ2) is 29.9. The van der Waals surface area contributed by atoms with E-state index in [1.807, 2.05) is 51.1 Å². The number of carbonyl (C=O) groups is 5. The number of anilines is 1. The maximum atomic E-state index is 14.7. The van der Waals surface area contributed by atoms with Crippen molar-refractivity contribution >= 4 is 35.5 Å². The van der Waals surface area contributed by atoms with Gasteiger partial charge in [-0.3, -0.25) is 19.2 Å². The molecule has 458 valence electrons. The monoisotopic (exact) mass is 1180 g/mol. The number of hydrogen-bond donors (Lipinski definition) is 5. The molecule has 3 aliphatic rings. The minimum absolute atomic E-state index is 0.0168. The number of likely N-dealkylation sites (N-methyl/N-ethyl adjacent to an activating group) is 1. The van der Waals surface area contributed by atoms with Gasteiger partial charge >= 0.3 is 6.09 Å². The summed E-state index contributed by atoms with van der Waals surface area (Å²) in [5.74, 6) is -2.49. The number of hydrogen-bond acceptors (Lipinski definition) is 15. The van der Waals surface area contributed by atoms with E-state index in [1.54, 1.807) is 48.0 Å². The highest BCUT2D eigenvalue weighted by molar-refractivity contribution is 6.03. The second-order valence-electron chi connectivity index (χ2n) is 22.4. The zero-order valence-corrected chi connectivity index (χ0v) is 49.0. The van der Waals surface area contributed by atoms with Crippen molar-refractivity contribution in [3.63, 3.8) is 0 Å². The number of piperidine rings is 1. The van der Waals surface area contributed by atoms with E-state index < -0.39 is 47.2 Å². The lowest BCUT2D eigenvalue weighted by molar-refractivity contribution is -0.147. The van der Waals surface area contributed by atoms with E-state index in [4.69, 9.17) is 44.6 Å². The Balaban J connectivity index is 0.702. The molecule has 8 rings (SSSR count). The van der Waals surface area contributed by atoms with Crippen molar-refractivity contribution in [3.05, 3.63) is 124 Å². The topological polar surface area (TPSA) is 262 Å². The van der Waals surface area contributed by atoms with Crippen LogP contribution in [0.3, 0.4) is 0 Å². The maximum absolute atomic E-state index is 14.7. The number of halogens is 2. The number of fused-ring (bicyclic) bond motifs is 2. The minimum atomic E-state index is -0.896. The van der Waals surface area contributed by atoms with Gasteiger partial charge in [-0.25, -0.2) is 18.3 Å². The van der Waals surface area contributed by atoms with Gasteiger partial charge in [-0.15, -0.1) is 0 Å². The number of likely N-dealkylation sites (tertiary alicyclic amines) is 1.